The second kappa shape index (κ2) is 7.49. The third-order valence-electron chi connectivity index (χ3n) is 4.84. The minimum Gasteiger partial charge on any atom is -0.459 e. The Labute approximate surface area is 176 Å². The summed E-state index contributed by atoms with van der Waals surface area (Å²) in [6.07, 6.45) is 4.69. The number of halogens is 1. The molecule has 0 fully saturated rings. The minimum atomic E-state index is -0.402. The maximum Gasteiger partial charge on any atom is 0.292 e. The average molecular weight is 413 g/mol. The number of rotatable bonds is 4. The summed E-state index contributed by atoms with van der Waals surface area (Å²) >= 11 is 0. The SMILES string of the molecule is Cc1cc(-c2nc3cccnn3c2-c2ccnc(NC(=O)c3ccco3)c2)ccc1F. The number of furan rings is 1. The van der Waals surface area contributed by atoms with E-state index in [1.807, 2.05) is 6.07 Å². The van der Waals surface area contributed by atoms with Crippen LogP contribution in [-0.4, -0.2) is 25.5 Å². The van der Waals surface area contributed by atoms with Gasteiger partial charge in [0, 0.05) is 23.5 Å². The standard InChI is InChI=1S/C23H16FN5O2/c1-14-12-15(6-7-17(14)24)21-22(29-20(28-21)5-2-9-26-29)16-8-10-25-19(13-16)27-23(30)18-4-3-11-31-18/h2-13H,1H3,(H,25,27,30). The van der Waals surface area contributed by atoms with E-state index in [1.54, 1.807) is 66.3 Å². The quantitative estimate of drug-likeness (QED) is 0.460. The fraction of sp³-hybridized carbons (Fsp3) is 0.0435. The molecule has 1 amide bonds. The highest BCUT2D eigenvalue weighted by atomic mass is 19.1. The molecule has 0 unspecified atom stereocenters. The van der Waals surface area contributed by atoms with Crippen LogP contribution in [0.25, 0.3) is 28.2 Å². The highest BCUT2D eigenvalue weighted by molar-refractivity contribution is 6.02. The van der Waals surface area contributed by atoms with Crippen LogP contribution in [0.5, 0.6) is 0 Å². The molecule has 7 nitrogen and oxygen atoms in total. The van der Waals surface area contributed by atoms with E-state index in [2.05, 4.69) is 15.4 Å². The third-order valence-corrected chi connectivity index (χ3v) is 4.84. The van der Waals surface area contributed by atoms with E-state index in [0.29, 0.717) is 28.4 Å². The molecule has 0 aliphatic carbocycles. The lowest BCUT2D eigenvalue weighted by molar-refractivity contribution is 0.0996. The van der Waals surface area contributed by atoms with E-state index >= 15 is 0 Å². The summed E-state index contributed by atoms with van der Waals surface area (Å²) in [5, 5.41) is 7.16. The van der Waals surface area contributed by atoms with Crippen molar-refractivity contribution >= 4 is 17.4 Å². The van der Waals surface area contributed by atoms with Crippen LogP contribution in [0.3, 0.4) is 0 Å². The molecule has 0 aliphatic heterocycles. The third kappa shape index (κ3) is 3.44. The Bertz CT molecular complexity index is 1410. The number of carbonyl (C=O) groups excluding carboxylic acids is 1. The summed E-state index contributed by atoms with van der Waals surface area (Å²) in [5.74, 6) is -0.142. The van der Waals surface area contributed by atoms with Crippen molar-refractivity contribution in [3.8, 4) is 22.5 Å². The van der Waals surface area contributed by atoms with E-state index in [-0.39, 0.29) is 11.6 Å². The maximum absolute atomic E-state index is 13.8. The monoisotopic (exact) mass is 413 g/mol. The van der Waals surface area contributed by atoms with Gasteiger partial charge in [0.1, 0.15) is 17.3 Å². The van der Waals surface area contributed by atoms with Gasteiger partial charge < -0.3 is 9.73 Å². The van der Waals surface area contributed by atoms with Crippen molar-refractivity contribution in [3.05, 3.63) is 90.4 Å². The van der Waals surface area contributed by atoms with Crippen molar-refractivity contribution in [2.75, 3.05) is 5.32 Å². The minimum absolute atomic E-state index is 0.186. The van der Waals surface area contributed by atoms with Gasteiger partial charge in [0.2, 0.25) is 0 Å². The zero-order chi connectivity index (χ0) is 21.4. The molecule has 5 aromatic rings. The van der Waals surface area contributed by atoms with Gasteiger partial charge in [-0.25, -0.2) is 18.9 Å². The lowest BCUT2D eigenvalue weighted by Crippen LogP contribution is -2.12. The van der Waals surface area contributed by atoms with Crippen LogP contribution in [0.1, 0.15) is 16.1 Å². The van der Waals surface area contributed by atoms with Crippen molar-refractivity contribution in [2.45, 2.75) is 6.92 Å². The summed E-state index contributed by atoms with van der Waals surface area (Å²) in [6.45, 7) is 1.71. The van der Waals surface area contributed by atoms with Crippen LogP contribution in [0.4, 0.5) is 10.2 Å². The number of fused-ring (bicyclic) bond motifs is 1. The first-order chi connectivity index (χ1) is 15.1. The van der Waals surface area contributed by atoms with Gasteiger partial charge in [-0.2, -0.15) is 5.10 Å². The number of imidazole rings is 1. The second-order valence-electron chi connectivity index (χ2n) is 6.93. The maximum atomic E-state index is 13.8. The summed E-state index contributed by atoms with van der Waals surface area (Å²) in [6, 6.07) is 15.3. The van der Waals surface area contributed by atoms with Crippen LogP contribution >= 0.6 is 0 Å². The fourth-order valence-electron chi connectivity index (χ4n) is 3.37. The molecule has 4 heterocycles. The van der Waals surface area contributed by atoms with Crippen LogP contribution in [0, 0.1) is 12.7 Å². The van der Waals surface area contributed by atoms with Crippen molar-refractivity contribution in [2.24, 2.45) is 0 Å². The molecule has 0 bridgehead atoms. The van der Waals surface area contributed by atoms with Gasteiger partial charge in [-0.1, -0.05) is 0 Å². The molecule has 0 atom stereocenters. The molecule has 4 aromatic heterocycles. The molecule has 152 valence electrons. The number of pyridine rings is 1. The molecule has 5 rings (SSSR count). The predicted molar refractivity (Wildman–Crippen MR) is 113 cm³/mol. The Kier molecular flexibility index (Phi) is 4.51. The summed E-state index contributed by atoms with van der Waals surface area (Å²) in [4.78, 5) is 21.3. The van der Waals surface area contributed by atoms with Gasteiger partial charge >= 0.3 is 0 Å². The normalized spacial score (nSPS) is 11.0. The molecular weight excluding hydrogens is 397 g/mol. The van der Waals surface area contributed by atoms with Gasteiger partial charge in [0.25, 0.3) is 5.91 Å². The first-order valence-electron chi connectivity index (χ1n) is 9.52. The smallest absolute Gasteiger partial charge is 0.292 e. The van der Waals surface area contributed by atoms with E-state index in [1.165, 1.54) is 12.3 Å². The average Bonchev–Trinajstić information content (AvgIpc) is 3.44. The topological polar surface area (TPSA) is 85.3 Å². The molecule has 1 N–H and O–H groups in total. The van der Waals surface area contributed by atoms with Crippen LogP contribution in [0.15, 0.2) is 77.7 Å². The lowest BCUT2D eigenvalue weighted by atomic mass is 10.0. The zero-order valence-corrected chi connectivity index (χ0v) is 16.4. The predicted octanol–water partition coefficient (Wildman–Crippen LogP) is 4.75. The van der Waals surface area contributed by atoms with Crippen molar-refractivity contribution in [3.63, 3.8) is 0 Å². The van der Waals surface area contributed by atoms with Crippen molar-refractivity contribution < 1.29 is 13.6 Å². The number of hydrogen-bond acceptors (Lipinski definition) is 5. The highest BCUT2D eigenvalue weighted by Gasteiger charge is 2.19. The number of carbonyl (C=O) groups is 1. The first kappa shape index (κ1) is 18.7. The molecule has 0 saturated carbocycles. The van der Waals surface area contributed by atoms with Crippen LogP contribution in [-0.2, 0) is 0 Å². The van der Waals surface area contributed by atoms with E-state index in [9.17, 15) is 9.18 Å². The van der Waals surface area contributed by atoms with Crippen molar-refractivity contribution in [1.82, 2.24) is 19.6 Å². The summed E-state index contributed by atoms with van der Waals surface area (Å²) in [5.41, 5.74) is 4.03. The first-order valence-corrected chi connectivity index (χ1v) is 9.52. The Morgan fingerprint density at radius 2 is 1.97 bits per heavy atom. The number of nitrogens with one attached hydrogen (secondary N) is 1. The van der Waals surface area contributed by atoms with Crippen LogP contribution < -0.4 is 5.32 Å². The van der Waals surface area contributed by atoms with Gasteiger partial charge in [0.05, 0.1) is 12.0 Å². The summed E-state index contributed by atoms with van der Waals surface area (Å²) < 4.78 is 20.7. The van der Waals surface area contributed by atoms with Gasteiger partial charge in [-0.05, 0) is 67.1 Å². The molecule has 1 aromatic carbocycles. The molecule has 0 spiro atoms. The molecule has 0 saturated heterocycles. The lowest BCUT2D eigenvalue weighted by Gasteiger charge is -2.08. The van der Waals surface area contributed by atoms with E-state index in [4.69, 9.17) is 9.40 Å². The Hall–Kier alpha value is -4.33. The molecule has 0 aliphatic rings. The molecule has 31 heavy (non-hydrogen) atoms. The van der Waals surface area contributed by atoms with Gasteiger partial charge in [-0.15, -0.1) is 0 Å². The van der Waals surface area contributed by atoms with Gasteiger partial charge in [0.15, 0.2) is 11.4 Å². The zero-order valence-electron chi connectivity index (χ0n) is 16.4. The fourth-order valence-corrected chi connectivity index (χ4v) is 3.37. The Morgan fingerprint density at radius 1 is 1.06 bits per heavy atom. The molecule has 0 radical (unpaired) electrons. The largest absolute Gasteiger partial charge is 0.459 e. The number of aryl methyl sites for hydroxylation is 1. The molecule has 8 heteroatoms. The number of hydrogen-bond donors (Lipinski definition) is 1. The van der Waals surface area contributed by atoms with E-state index < -0.39 is 5.91 Å². The Balaban J connectivity index is 1.63. The number of anilines is 1. The van der Waals surface area contributed by atoms with Crippen LogP contribution in [0.2, 0.25) is 0 Å². The van der Waals surface area contributed by atoms with Gasteiger partial charge in [-0.3, -0.25) is 4.79 Å². The summed E-state index contributed by atoms with van der Waals surface area (Å²) in [7, 11) is 0. The Morgan fingerprint density at radius 3 is 2.77 bits per heavy atom. The number of nitrogens with zero attached hydrogens (tertiary/aromatic N) is 4. The van der Waals surface area contributed by atoms with E-state index in [0.717, 1.165) is 11.1 Å². The van der Waals surface area contributed by atoms with Crippen molar-refractivity contribution in [1.29, 1.82) is 0 Å². The molecular formula is C23H16FN5O2. The highest BCUT2D eigenvalue weighted by Crippen LogP contribution is 2.33. The number of benzene rings is 1. The number of amides is 1. The second-order valence-corrected chi connectivity index (χ2v) is 6.93. The number of aromatic nitrogens is 4.